The van der Waals surface area contributed by atoms with Gasteiger partial charge in [-0.05, 0) is 31.0 Å². The van der Waals surface area contributed by atoms with Crippen LogP contribution in [0.25, 0.3) is 0 Å². The topological polar surface area (TPSA) is 77.5 Å². The molecule has 104 valence electrons. The third-order valence-corrected chi connectivity index (χ3v) is 4.12. The Morgan fingerprint density at radius 3 is 2.26 bits per heavy atom. The molecule has 0 aromatic heterocycles. The second-order valence-corrected chi connectivity index (χ2v) is 6.40. The number of hydrogen-bond acceptors (Lipinski definition) is 5. The van der Waals surface area contributed by atoms with Crippen molar-refractivity contribution in [2.75, 3.05) is 18.6 Å². The van der Waals surface area contributed by atoms with E-state index in [1.54, 1.807) is 18.2 Å². The lowest BCUT2D eigenvalue weighted by Gasteiger charge is -2.05. The number of methoxy groups -OCH3 is 1. The molecule has 0 bridgehead atoms. The SMILES string of the molecule is COC(=O)CS(=O)(=O)CC(=O)c1ccc(C)c(C)c1. The van der Waals surface area contributed by atoms with Gasteiger partial charge >= 0.3 is 5.97 Å². The number of benzene rings is 1. The quantitative estimate of drug-likeness (QED) is 0.597. The van der Waals surface area contributed by atoms with E-state index in [9.17, 15) is 18.0 Å². The lowest BCUT2D eigenvalue weighted by atomic mass is 10.0. The van der Waals surface area contributed by atoms with Gasteiger partial charge in [-0.2, -0.15) is 0 Å². The van der Waals surface area contributed by atoms with E-state index in [0.29, 0.717) is 5.56 Å². The van der Waals surface area contributed by atoms with Crippen molar-refractivity contribution in [3.05, 3.63) is 34.9 Å². The Balaban J connectivity index is 2.84. The van der Waals surface area contributed by atoms with Crippen molar-refractivity contribution < 1.29 is 22.7 Å². The third kappa shape index (κ3) is 4.48. The summed E-state index contributed by atoms with van der Waals surface area (Å²) < 4.78 is 27.5. The number of sulfone groups is 1. The van der Waals surface area contributed by atoms with Crippen LogP contribution in [0.5, 0.6) is 0 Å². The van der Waals surface area contributed by atoms with E-state index in [1.165, 1.54) is 0 Å². The Morgan fingerprint density at radius 2 is 1.74 bits per heavy atom. The van der Waals surface area contributed by atoms with Crippen molar-refractivity contribution in [1.82, 2.24) is 0 Å². The zero-order valence-corrected chi connectivity index (χ0v) is 11.9. The Hall–Kier alpha value is -1.69. The van der Waals surface area contributed by atoms with Crippen LogP contribution in [-0.2, 0) is 19.4 Å². The summed E-state index contributed by atoms with van der Waals surface area (Å²) in [5.41, 5.74) is 2.27. The van der Waals surface area contributed by atoms with Gasteiger partial charge in [0.15, 0.2) is 15.6 Å². The minimum Gasteiger partial charge on any atom is -0.468 e. The van der Waals surface area contributed by atoms with Crippen molar-refractivity contribution in [3.8, 4) is 0 Å². The minimum absolute atomic E-state index is 0.330. The molecule has 1 aromatic rings. The number of ether oxygens (including phenoxy) is 1. The number of Topliss-reactive ketones (excluding diaryl/α,β-unsaturated/α-hetero) is 1. The van der Waals surface area contributed by atoms with Crippen LogP contribution in [-0.4, -0.2) is 38.8 Å². The van der Waals surface area contributed by atoms with E-state index in [1.807, 2.05) is 13.8 Å². The first-order valence-electron chi connectivity index (χ1n) is 5.63. The molecule has 0 aliphatic heterocycles. The standard InChI is InChI=1S/C13H16O5S/c1-9-4-5-11(6-10(9)2)12(14)7-19(16,17)8-13(15)18-3/h4-6H,7-8H2,1-3H3. The van der Waals surface area contributed by atoms with Crippen LogP contribution in [0, 0.1) is 13.8 Å². The number of hydrogen-bond donors (Lipinski definition) is 0. The Kier molecular flexibility index (Phi) is 4.83. The highest BCUT2D eigenvalue weighted by molar-refractivity contribution is 7.92. The molecule has 0 amide bonds. The third-order valence-electron chi connectivity index (χ3n) is 2.75. The molecule has 6 heteroatoms. The molecular formula is C13H16O5S. The number of rotatable bonds is 5. The van der Waals surface area contributed by atoms with Gasteiger partial charge in [-0.15, -0.1) is 0 Å². The molecule has 0 saturated carbocycles. The van der Waals surface area contributed by atoms with Crippen LogP contribution < -0.4 is 0 Å². The van der Waals surface area contributed by atoms with Crippen molar-refractivity contribution in [1.29, 1.82) is 0 Å². The zero-order valence-electron chi connectivity index (χ0n) is 11.1. The van der Waals surface area contributed by atoms with E-state index in [-0.39, 0.29) is 0 Å². The summed E-state index contributed by atoms with van der Waals surface area (Å²) in [5.74, 6) is -2.86. The number of esters is 1. The Morgan fingerprint density at radius 1 is 1.11 bits per heavy atom. The van der Waals surface area contributed by atoms with Crippen LogP contribution in [0.1, 0.15) is 21.5 Å². The monoisotopic (exact) mass is 284 g/mol. The first kappa shape index (κ1) is 15.4. The van der Waals surface area contributed by atoms with Gasteiger partial charge < -0.3 is 4.74 Å². The van der Waals surface area contributed by atoms with Gasteiger partial charge in [-0.1, -0.05) is 12.1 Å². The van der Waals surface area contributed by atoms with Gasteiger partial charge in [-0.25, -0.2) is 8.42 Å². The Labute approximate surface area is 112 Å². The summed E-state index contributed by atoms with van der Waals surface area (Å²) in [6.45, 7) is 3.74. The van der Waals surface area contributed by atoms with Crippen LogP contribution in [0.3, 0.4) is 0 Å². The second kappa shape index (κ2) is 5.97. The highest BCUT2D eigenvalue weighted by Crippen LogP contribution is 2.11. The molecule has 1 rings (SSSR count). The van der Waals surface area contributed by atoms with Gasteiger partial charge in [0.1, 0.15) is 11.5 Å². The maximum Gasteiger partial charge on any atom is 0.320 e. The average molecular weight is 284 g/mol. The van der Waals surface area contributed by atoms with E-state index in [2.05, 4.69) is 4.74 Å². The summed E-state index contributed by atoms with van der Waals surface area (Å²) in [4.78, 5) is 22.8. The smallest absolute Gasteiger partial charge is 0.320 e. The van der Waals surface area contributed by atoms with Gasteiger partial charge in [0.2, 0.25) is 0 Å². The van der Waals surface area contributed by atoms with E-state index in [0.717, 1.165) is 18.2 Å². The molecule has 0 aliphatic carbocycles. The molecule has 19 heavy (non-hydrogen) atoms. The molecule has 0 N–H and O–H groups in total. The summed E-state index contributed by atoms with van der Waals surface area (Å²) in [5, 5.41) is 0. The molecule has 0 radical (unpaired) electrons. The molecule has 0 fully saturated rings. The van der Waals surface area contributed by atoms with Crippen molar-refractivity contribution in [3.63, 3.8) is 0 Å². The van der Waals surface area contributed by atoms with Gasteiger partial charge in [0.05, 0.1) is 7.11 Å². The summed E-state index contributed by atoms with van der Waals surface area (Å²) in [6.07, 6.45) is 0. The molecule has 0 heterocycles. The van der Waals surface area contributed by atoms with Crippen molar-refractivity contribution >= 4 is 21.6 Å². The summed E-state index contributed by atoms with van der Waals surface area (Å²) in [7, 11) is -2.69. The highest BCUT2D eigenvalue weighted by atomic mass is 32.2. The molecule has 0 spiro atoms. The van der Waals surface area contributed by atoms with Gasteiger partial charge in [0.25, 0.3) is 0 Å². The lowest BCUT2D eigenvalue weighted by Crippen LogP contribution is -2.24. The lowest BCUT2D eigenvalue weighted by molar-refractivity contribution is -0.137. The molecule has 0 unspecified atom stereocenters. The highest BCUT2D eigenvalue weighted by Gasteiger charge is 2.22. The van der Waals surface area contributed by atoms with E-state index >= 15 is 0 Å². The largest absolute Gasteiger partial charge is 0.468 e. The first-order chi connectivity index (χ1) is 8.75. The van der Waals surface area contributed by atoms with Gasteiger partial charge in [0, 0.05) is 5.56 Å². The predicted octanol–water partition coefficient (Wildman–Crippen LogP) is 1.07. The fourth-order valence-corrected chi connectivity index (χ4v) is 2.63. The molecule has 5 nitrogen and oxygen atoms in total. The van der Waals surface area contributed by atoms with Crippen LogP contribution >= 0.6 is 0 Å². The molecule has 1 aromatic carbocycles. The molecule has 0 aliphatic rings. The second-order valence-electron chi connectivity index (χ2n) is 4.33. The first-order valence-corrected chi connectivity index (χ1v) is 7.45. The predicted molar refractivity (Wildman–Crippen MR) is 70.9 cm³/mol. The van der Waals surface area contributed by atoms with Crippen molar-refractivity contribution in [2.45, 2.75) is 13.8 Å². The maximum atomic E-state index is 11.9. The van der Waals surface area contributed by atoms with E-state index in [4.69, 9.17) is 0 Å². The normalized spacial score (nSPS) is 11.1. The summed E-state index contributed by atoms with van der Waals surface area (Å²) in [6, 6.07) is 4.99. The number of carbonyl (C=O) groups is 2. The minimum atomic E-state index is -3.79. The molecule has 0 saturated heterocycles. The van der Waals surface area contributed by atoms with Crippen LogP contribution in [0.2, 0.25) is 0 Å². The molecule has 0 atom stereocenters. The van der Waals surface area contributed by atoms with Crippen LogP contribution in [0.4, 0.5) is 0 Å². The number of ketones is 1. The number of aryl methyl sites for hydroxylation is 2. The fourth-order valence-electron chi connectivity index (χ4n) is 1.49. The van der Waals surface area contributed by atoms with Crippen molar-refractivity contribution in [2.24, 2.45) is 0 Å². The van der Waals surface area contributed by atoms with Gasteiger partial charge in [-0.3, -0.25) is 9.59 Å². The molecular weight excluding hydrogens is 268 g/mol. The van der Waals surface area contributed by atoms with E-state index < -0.39 is 33.1 Å². The average Bonchev–Trinajstić information content (AvgIpc) is 2.31. The zero-order chi connectivity index (χ0) is 14.6. The summed E-state index contributed by atoms with van der Waals surface area (Å²) >= 11 is 0. The van der Waals surface area contributed by atoms with Crippen LogP contribution in [0.15, 0.2) is 18.2 Å². The fraction of sp³-hybridized carbons (Fsp3) is 0.385. The Bertz CT molecular complexity index is 601. The maximum absolute atomic E-state index is 11.9. The number of carbonyl (C=O) groups excluding carboxylic acids is 2.